The Labute approximate surface area is 148 Å². The number of nitrogens with zero attached hydrogens (tertiary/aromatic N) is 1. The number of carbonyl (C=O) groups is 2. The van der Waals surface area contributed by atoms with Crippen LogP contribution in [-0.2, 0) is 4.79 Å². The predicted octanol–water partition coefficient (Wildman–Crippen LogP) is 2.62. The monoisotopic (exact) mass is 365 g/mol. The molecule has 0 aliphatic heterocycles. The van der Waals surface area contributed by atoms with Gasteiger partial charge in [0.25, 0.3) is 11.8 Å². The fourth-order valence-corrected chi connectivity index (χ4v) is 2.15. The quantitative estimate of drug-likeness (QED) is 0.608. The van der Waals surface area contributed by atoms with E-state index in [1.165, 1.54) is 18.3 Å². The van der Waals surface area contributed by atoms with E-state index in [-0.39, 0.29) is 6.61 Å². The number of amides is 2. The van der Waals surface area contributed by atoms with Crippen molar-refractivity contribution in [3.63, 3.8) is 0 Å². The molecule has 0 heterocycles. The van der Waals surface area contributed by atoms with E-state index in [0.717, 1.165) is 0 Å². The summed E-state index contributed by atoms with van der Waals surface area (Å²) in [6, 6.07) is 11.1. The van der Waals surface area contributed by atoms with Gasteiger partial charge in [0, 0.05) is 16.1 Å². The summed E-state index contributed by atoms with van der Waals surface area (Å²) in [6.45, 7) is -0.225. The molecule has 0 fully saturated rings. The number of primary amides is 1. The van der Waals surface area contributed by atoms with Gasteiger partial charge in [0.05, 0.1) is 11.2 Å². The average molecular weight is 366 g/mol. The van der Waals surface area contributed by atoms with Crippen molar-refractivity contribution >= 4 is 41.2 Å². The van der Waals surface area contributed by atoms with Crippen LogP contribution >= 0.6 is 23.2 Å². The first-order valence-electron chi connectivity index (χ1n) is 6.75. The molecule has 0 saturated heterocycles. The summed E-state index contributed by atoms with van der Waals surface area (Å²) in [7, 11) is 0. The highest BCUT2D eigenvalue weighted by Crippen LogP contribution is 2.19. The summed E-state index contributed by atoms with van der Waals surface area (Å²) in [5.74, 6) is -0.549. The largest absolute Gasteiger partial charge is 0.484 e. The molecule has 2 aromatic rings. The van der Waals surface area contributed by atoms with E-state index in [1.54, 1.807) is 30.3 Å². The van der Waals surface area contributed by atoms with E-state index < -0.39 is 11.8 Å². The highest BCUT2D eigenvalue weighted by Gasteiger charge is 2.05. The lowest BCUT2D eigenvalue weighted by molar-refractivity contribution is -0.119. The van der Waals surface area contributed by atoms with Gasteiger partial charge in [-0.15, -0.1) is 0 Å². The van der Waals surface area contributed by atoms with Crippen molar-refractivity contribution < 1.29 is 14.3 Å². The molecule has 2 aromatic carbocycles. The average Bonchev–Trinajstić information content (AvgIpc) is 2.55. The van der Waals surface area contributed by atoms with E-state index in [1.807, 2.05) is 0 Å². The summed E-state index contributed by atoms with van der Waals surface area (Å²) < 4.78 is 5.10. The third-order valence-corrected chi connectivity index (χ3v) is 3.39. The van der Waals surface area contributed by atoms with E-state index >= 15 is 0 Å². The van der Waals surface area contributed by atoms with Crippen molar-refractivity contribution in [2.75, 3.05) is 6.61 Å². The van der Waals surface area contributed by atoms with Crippen LogP contribution in [-0.4, -0.2) is 24.6 Å². The van der Waals surface area contributed by atoms with Gasteiger partial charge in [0.2, 0.25) is 0 Å². The third-order valence-electron chi connectivity index (χ3n) is 2.83. The number of halogens is 2. The maximum atomic E-state index is 12.0. The molecule has 2 rings (SSSR count). The molecule has 3 N–H and O–H groups in total. The van der Waals surface area contributed by atoms with Gasteiger partial charge in [-0.25, -0.2) is 5.43 Å². The number of hydrogen-bond donors (Lipinski definition) is 2. The number of nitrogens with one attached hydrogen (secondary N) is 1. The second-order valence-corrected chi connectivity index (χ2v) is 5.49. The highest BCUT2D eigenvalue weighted by molar-refractivity contribution is 6.36. The molecule has 124 valence electrons. The molecule has 0 radical (unpaired) electrons. The molecule has 6 nitrogen and oxygen atoms in total. The van der Waals surface area contributed by atoms with Crippen LogP contribution in [0.2, 0.25) is 10.0 Å². The second kappa shape index (κ2) is 8.33. The number of hydrogen-bond acceptors (Lipinski definition) is 4. The van der Waals surface area contributed by atoms with Crippen molar-refractivity contribution in [1.82, 2.24) is 5.43 Å². The van der Waals surface area contributed by atoms with E-state index in [4.69, 9.17) is 33.7 Å². The fourth-order valence-electron chi connectivity index (χ4n) is 1.69. The van der Waals surface area contributed by atoms with Crippen molar-refractivity contribution in [2.24, 2.45) is 10.8 Å². The molecule has 24 heavy (non-hydrogen) atoms. The lowest BCUT2D eigenvalue weighted by Crippen LogP contribution is -2.20. The van der Waals surface area contributed by atoms with E-state index in [2.05, 4.69) is 10.5 Å². The Bertz CT molecular complexity index is 777. The molecular weight excluding hydrogens is 353 g/mol. The third kappa shape index (κ3) is 5.26. The number of carbonyl (C=O) groups excluding carboxylic acids is 2. The minimum atomic E-state index is -0.577. The van der Waals surface area contributed by atoms with Crippen molar-refractivity contribution in [1.29, 1.82) is 0 Å². The van der Waals surface area contributed by atoms with Gasteiger partial charge in [0.15, 0.2) is 6.61 Å². The van der Waals surface area contributed by atoms with Crippen LogP contribution in [0.5, 0.6) is 5.75 Å². The molecule has 0 atom stereocenters. The van der Waals surface area contributed by atoms with E-state index in [9.17, 15) is 9.59 Å². The topological polar surface area (TPSA) is 93.8 Å². The van der Waals surface area contributed by atoms with Crippen LogP contribution in [0, 0.1) is 0 Å². The van der Waals surface area contributed by atoms with Crippen molar-refractivity contribution in [3.8, 4) is 5.75 Å². The van der Waals surface area contributed by atoms with Gasteiger partial charge in [-0.2, -0.15) is 5.10 Å². The number of benzene rings is 2. The Morgan fingerprint density at radius 1 is 1.17 bits per heavy atom. The van der Waals surface area contributed by atoms with Crippen LogP contribution in [0.15, 0.2) is 47.6 Å². The molecule has 0 saturated carbocycles. The van der Waals surface area contributed by atoms with Crippen molar-refractivity contribution in [3.05, 3.63) is 63.6 Å². The molecule has 2 amide bonds. The molecule has 0 aliphatic carbocycles. The number of ether oxygens (including phenoxy) is 1. The van der Waals surface area contributed by atoms with Gasteiger partial charge < -0.3 is 10.5 Å². The SMILES string of the molecule is NC(=O)COc1ccc(C(=O)N/N=C/c2ccc(Cl)cc2Cl)cc1. The van der Waals surface area contributed by atoms with Crippen LogP contribution in [0.25, 0.3) is 0 Å². The number of hydrazone groups is 1. The lowest BCUT2D eigenvalue weighted by atomic mass is 10.2. The van der Waals surface area contributed by atoms with Gasteiger partial charge >= 0.3 is 0 Å². The van der Waals surface area contributed by atoms with Crippen LogP contribution in [0.1, 0.15) is 15.9 Å². The summed E-state index contributed by atoms with van der Waals surface area (Å²) >= 11 is 11.8. The number of nitrogens with two attached hydrogens (primary N) is 1. The Kier molecular flexibility index (Phi) is 6.17. The highest BCUT2D eigenvalue weighted by atomic mass is 35.5. The van der Waals surface area contributed by atoms with Crippen molar-refractivity contribution in [2.45, 2.75) is 0 Å². The molecule has 0 unspecified atom stereocenters. The van der Waals surface area contributed by atoms with Gasteiger partial charge in [-0.3, -0.25) is 9.59 Å². The molecule has 8 heteroatoms. The minimum absolute atomic E-state index is 0.225. The smallest absolute Gasteiger partial charge is 0.271 e. The summed E-state index contributed by atoms with van der Waals surface area (Å²) in [5, 5.41) is 4.79. The van der Waals surface area contributed by atoms with Gasteiger partial charge in [0.1, 0.15) is 5.75 Å². The number of rotatable bonds is 6. The summed E-state index contributed by atoms with van der Waals surface area (Å²) in [5.41, 5.74) is 8.36. The second-order valence-electron chi connectivity index (χ2n) is 4.64. The normalized spacial score (nSPS) is 10.6. The fraction of sp³-hybridized carbons (Fsp3) is 0.0625. The van der Waals surface area contributed by atoms with Crippen LogP contribution in [0.4, 0.5) is 0 Å². The maximum Gasteiger partial charge on any atom is 0.271 e. The first-order chi connectivity index (χ1) is 11.5. The Morgan fingerprint density at radius 2 is 1.88 bits per heavy atom. The van der Waals surface area contributed by atoms with Crippen LogP contribution < -0.4 is 15.9 Å². The molecule has 0 spiro atoms. The maximum absolute atomic E-state index is 12.0. The summed E-state index contributed by atoms with van der Waals surface area (Å²) in [6.07, 6.45) is 1.42. The zero-order valence-electron chi connectivity index (χ0n) is 12.3. The van der Waals surface area contributed by atoms with E-state index in [0.29, 0.717) is 26.9 Å². The van der Waals surface area contributed by atoms with Gasteiger partial charge in [-0.05, 0) is 36.4 Å². The lowest BCUT2D eigenvalue weighted by Gasteiger charge is -2.04. The zero-order chi connectivity index (χ0) is 17.5. The van der Waals surface area contributed by atoms with Crippen LogP contribution in [0.3, 0.4) is 0 Å². The van der Waals surface area contributed by atoms with Gasteiger partial charge in [-0.1, -0.05) is 29.3 Å². The zero-order valence-corrected chi connectivity index (χ0v) is 13.8. The predicted molar refractivity (Wildman–Crippen MR) is 92.7 cm³/mol. The standard InChI is InChI=1S/C16H13Cl2N3O3/c17-12-4-1-11(14(18)7-12)8-20-21-16(23)10-2-5-13(6-3-10)24-9-15(19)22/h1-8H,9H2,(H2,19,22)(H,21,23)/b20-8+. The first kappa shape index (κ1) is 17.8. The first-order valence-corrected chi connectivity index (χ1v) is 7.51. The molecule has 0 aromatic heterocycles. The summed E-state index contributed by atoms with van der Waals surface area (Å²) in [4.78, 5) is 22.6. The molecule has 0 aliphatic rings. The Hall–Kier alpha value is -2.57. The molecular formula is C16H13Cl2N3O3. The minimum Gasteiger partial charge on any atom is -0.484 e. The Balaban J connectivity index is 1.94. The Morgan fingerprint density at radius 3 is 2.50 bits per heavy atom. The molecule has 0 bridgehead atoms.